The molecule has 1 atom stereocenters. The van der Waals surface area contributed by atoms with Crippen LogP contribution in [0.25, 0.3) is 0 Å². The lowest BCUT2D eigenvalue weighted by Gasteiger charge is -2.22. The van der Waals surface area contributed by atoms with E-state index >= 15 is 0 Å². The van der Waals surface area contributed by atoms with Gasteiger partial charge in [-0.05, 0) is 20.3 Å². The smallest absolute Gasteiger partial charge is 0.156 e. The van der Waals surface area contributed by atoms with Gasteiger partial charge in [-0.1, -0.05) is 12.1 Å². The van der Waals surface area contributed by atoms with Crippen molar-refractivity contribution in [3.8, 4) is 0 Å². The van der Waals surface area contributed by atoms with Crippen LogP contribution < -0.4 is 11.1 Å². The van der Waals surface area contributed by atoms with Crippen LogP contribution in [0, 0.1) is 0 Å². The second-order valence-corrected chi connectivity index (χ2v) is 3.68. The fraction of sp³-hybridized carbons (Fsp3) is 0.875. The van der Waals surface area contributed by atoms with Crippen molar-refractivity contribution in [3.05, 3.63) is 0 Å². The van der Waals surface area contributed by atoms with E-state index in [1.54, 1.807) is 13.8 Å². The summed E-state index contributed by atoms with van der Waals surface area (Å²) in [6.07, 6.45) is 0.714. The van der Waals surface area contributed by atoms with E-state index in [0.717, 1.165) is 0 Å². The van der Waals surface area contributed by atoms with Gasteiger partial charge in [0.2, 0.25) is 0 Å². The summed E-state index contributed by atoms with van der Waals surface area (Å²) in [5.74, 6) is 0.145. The highest BCUT2D eigenvalue weighted by molar-refractivity contribution is 5.85. The van der Waals surface area contributed by atoms with Crippen LogP contribution in [0.15, 0.2) is 5.16 Å². The first kappa shape index (κ1) is 12.2. The van der Waals surface area contributed by atoms with Gasteiger partial charge in [0.05, 0.1) is 11.6 Å². The number of oxime groups is 1. The highest BCUT2D eigenvalue weighted by Gasteiger charge is 2.17. The van der Waals surface area contributed by atoms with Crippen molar-refractivity contribution in [2.45, 2.75) is 38.8 Å². The first-order chi connectivity index (χ1) is 5.90. The molecule has 0 spiro atoms. The summed E-state index contributed by atoms with van der Waals surface area (Å²) in [4.78, 5) is 0. The van der Waals surface area contributed by atoms with Crippen LogP contribution >= 0.6 is 0 Å². The molecule has 0 bridgehead atoms. The number of nitrogens with zero attached hydrogens (tertiary/aromatic N) is 1. The second-order valence-electron chi connectivity index (χ2n) is 3.68. The Bertz CT molecular complexity index is 175. The van der Waals surface area contributed by atoms with Gasteiger partial charge in [-0.15, -0.1) is 0 Å². The van der Waals surface area contributed by atoms with E-state index in [-0.39, 0.29) is 11.9 Å². The predicted molar refractivity (Wildman–Crippen MR) is 51.8 cm³/mol. The number of hydrogen-bond acceptors (Lipinski definition) is 4. The van der Waals surface area contributed by atoms with Crippen molar-refractivity contribution >= 4 is 5.84 Å². The quantitative estimate of drug-likeness (QED) is 0.210. The van der Waals surface area contributed by atoms with Crippen LogP contribution in [-0.4, -0.2) is 34.3 Å². The molecule has 5 heteroatoms. The summed E-state index contributed by atoms with van der Waals surface area (Å²) in [5, 5.41) is 23.7. The maximum Gasteiger partial charge on any atom is 0.156 e. The number of hydrogen-bond donors (Lipinski definition) is 4. The van der Waals surface area contributed by atoms with Gasteiger partial charge in [0.25, 0.3) is 0 Å². The molecule has 0 heterocycles. The highest BCUT2D eigenvalue weighted by atomic mass is 16.4. The third-order valence-corrected chi connectivity index (χ3v) is 1.66. The third kappa shape index (κ3) is 5.43. The van der Waals surface area contributed by atoms with Crippen molar-refractivity contribution < 1.29 is 10.3 Å². The highest BCUT2D eigenvalue weighted by Crippen LogP contribution is 2.00. The zero-order valence-corrected chi connectivity index (χ0v) is 8.41. The standard InChI is InChI=1S/C8H19N3O2/c1-4-6(7(9)11-13)10-5-8(2,3)12/h6,10,12-13H,4-5H2,1-3H3,(H2,9,11). The lowest BCUT2D eigenvalue weighted by atomic mass is 10.1. The van der Waals surface area contributed by atoms with Crippen LogP contribution in [0.4, 0.5) is 0 Å². The van der Waals surface area contributed by atoms with Crippen molar-refractivity contribution in [2.24, 2.45) is 10.9 Å². The second kappa shape index (κ2) is 5.04. The Kier molecular flexibility index (Phi) is 4.72. The number of amidine groups is 1. The van der Waals surface area contributed by atoms with Gasteiger partial charge in [-0.25, -0.2) is 0 Å². The summed E-state index contributed by atoms with van der Waals surface area (Å²) in [5.41, 5.74) is 4.62. The first-order valence-corrected chi connectivity index (χ1v) is 4.34. The lowest BCUT2D eigenvalue weighted by molar-refractivity contribution is 0.0783. The van der Waals surface area contributed by atoms with E-state index in [2.05, 4.69) is 10.5 Å². The van der Waals surface area contributed by atoms with Gasteiger partial charge in [0.1, 0.15) is 0 Å². The van der Waals surface area contributed by atoms with Gasteiger partial charge in [0, 0.05) is 6.54 Å². The van der Waals surface area contributed by atoms with E-state index in [0.29, 0.717) is 13.0 Å². The molecule has 0 aromatic rings. The Morgan fingerprint density at radius 1 is 1.62 bits per heavy atom. The van der Waals surface area contributed by atoms with E-state index in [1.807, 2.05) is 6.92 Å². The number of rotatable bonds is 5. The molecule has 0 saturated carbocycles. The maximum absolute atomic E-state index is 9.41. The largest absolute Gasteiger partial charge is 0.409 e. The monoisotopic (exact) mass is 189 g/mol. The van der Waals surface area contributed by atoms with Crippen LogP contribution in [0.1, 0.15) is 27.2 Å². The summed E-state index contributed by atoms with van der Waals surface area (Å²) in [7, 11) is 0. The molecule has 78 valence electrons. The maximum atomic E-state index is 9.41. The lowest BCUT2D eigenvalue weighted by Crippen LogP contribution is -2.46. The summed E-state index contributed by atoms with van der Waals surface area (Å²) in [6.45, 7) is 5.71. The molecule has 5 N–H and O–H groups in total. The minimum Gasteiger partial charge on any atom is -0.409 e. The average molecular weight is 189 g/mol. The molecule has 13 heavy (non-hydrogen) atoms. The Morgan fingerprint density at radius 2 is 2.15 bits per heavy atom. The van der Waals surface area contributed by atoms with Crippen molar-refractivity contribution in [2.75, 3.05) is 6.54 Å². The van der Waals surface area contributed by atoms with Crippen LogP contribution in [0.5, 0.6) is 0 Å². The molecular formula is C8H19N3O2. The molecule has 0 radical (unpaired) electrons. The molecule has 0 aromatic heterocycles. The molecule has 0 fully saturated rings. The van der Waals surface area contributed by atoms with Crippen molar-refractivity contribution in [3.63, 3.8) is 0 Å². The predicted octanol–water partition coefficient (Wildman–Crippen LogP) is -0.128. The molecule has 0 aliphatic rings. The van der Waals surface area contributed by atoms with Crippen LogP contribution in [-0.2, 0) is 0 Å². The minimum atomic E-state index is -0.789. The molecule has 0 rings (SSSR count). The first-order valence-electron chi connectivity index (χ1n) is 4.34. The zero-order valence-electron chi connectivity index (χ0n) is 8.41. The zero-order chi connectivity index (χ0) is 10.5. The summed E-state index contributed by atoms with van der Waals surface area (Å²) in [6, 6.07) is -0.184. The van der Waals surface area contributed by atoms with E-state index in [9.17, 15) is 5.11 Å². The third-order valence-electron chi connectivity index (χ3n) is 1.66. The summed E-state index contributed by atoms with van der Waals surface area (Å²) >= 11 is 0. The number of nitrogens with two attached hydrogens (primary N) is 1. The molecule has 0 saturated heterocycles. The van der Waals surface area contributed by atoms with E-state index < -0.39 is 5.60 Å². The molecular weight excluding hydrogens is 170 g/mol. The molecule has 5 nitrogen and oxygen atoms in total. The van der Waals surface area contributed by atoms with Crippen molar-refractivity contribution in [1.29, 1.82) is 0 Å². The number of nitrogens with one attached hydrogen (secondary N) is 1. The number of aliphatic hydroxyl groups is 1. The molecule has 0 aliphatic carbocycles. The van der Waals surface area contributed by atoms with Gasteiger partial charge in [-0.2, -0.15) is 0 Å². The van der Waals surface area contributed by atoms with E-state index in [4.69, 9.17) is 10.9 Å². The molecule has 0 amide bonds. The van der Waals surface area contributed by atoms with Gasteiger partial charge in [-0.3, -0.25) is 0 Å². The van der Waals surface area contributed by atoms with Gasteiger partial charge < -0.3 is 21.4 Å². The fourth-order valence-electron chi connectivity index (χ4n) is 0.901. The van der Waals surface area contributed by atoms with E-state index in [1.165, 1.54) is 0 Å². The minimum absolute atomic E-state index is 0.145. The Hall–Kier alpha value is -0.810. The SMILES string of the molecule is CCC(NCC(C)(C)O)C(N)=NO. The van der Waals surface area contributed by atoms with Crippen LogP contribution in [0.3, 0.4) is 0 Å². The Balaban J connectivity index is 4.01. The Morgan fingerprint density at radius 3 is 2.46 bits per heavy atom. The fourth-order valence-corrected chi connectivity index (χ4v) is 0.901. The summed E-state index contributed by atoms with van der Waals surface area (Å²) < 4.78 is 0. The van der Waals surface area contributed by atoms with Gasteiger partial charge in [0.15, 0.2) is 5.84 Å². The Labute approximate surface area is 78.6 Å². The molecule has 1 unspecified atom stereocenters. The normalized spacial score (nSPS) is 15.8. The van der Waals surface area contributed by atoms with Crippen molar-refractivity contribution in [1.82, 2.24) is 5.32 Å². The molecule has 0 aromatic carbocycles. The molecule has 0 aliphatic heterocycles. The van der Waals surface area contributed by atoms with Crippen LogP contribution in [0.2, 0.25) is 0 Å². The van der Waals surface area contributed by atoms with Gasteiger partial charge >= 0.3 is 0 Å². The topological polar surface area (TPSA) is 90.9 Å². The average Bonchev–Trinajstić information content (AvgIpc) is 2.03.